The molecule has 0 aliphatic rings. The Kier molecular flexibility index (Phi) is 3.78. The second-order valence-electron chi connectivity index (χ2n) is 2.45. The molecular formula is C10H11NO. The SMILES string of the molecule is O=NCCC=Cc1ccccc1. The second kappa shape index (κ2) is 5.24. The molecule has 0 spiro atoms. The monoisotopic (exact) mass is 161 g/mol. The van der Waals surface area contributed by atoms with Gasteiger partial charge in [-0.05, 0) is 12.0 Å². The van der Waals surface area contributed by atoms with Crippen LogP contribution in [0.1, 0.15) is 12.0 Å². The van der Waals surface area contributed by atoms with Crippen LogP contribution in [0.25, 0.3) is 6.08 Å². The minimum absolute atomic E-state index is 0.364. The molecule has 1 rings (SSSR count). The number of nitroso groups, excluding NO2 is 1. The summed E-state index contributed by atoms with van der Waals surface area (Å²) >= 11 is 0. The predicted octanol–water partition coefficient (Wildman–Crippen LogP) is 2.86. The lowest BCUT2D eigenvalue weighted by Gasteiger charge is -1.89. The van der Waals surface area contributed by atoms with Crippen molar-refractivity contribution in [1.29, 1.82) is 0 Å². The van der Waals surface area contributed by atoms with E-state index in [4.69, 9.17) is 0 Å². The highest BCUT2D eigenvalue weighted by Crippen LogP contribution is 2.01. The molecule has 0 heterocycles. The Morgan fingerprint density at radius 3 is 2.67 bits per heavy atom. The van der Waals surface area contributed by atoms with E-state index in [2.05, 4.69) is 5.18 Å². The first-order valence-corrected chi connectivity index (χ1v) is 3.94. The average molecular weight is 161 g/mol. The van der Waals surface area contributed by atoms with Crippen LogP contribution in [0.4, 0.5) is 0 Å². The molecule has 1 aromatic rings. The van der Waals surface area contributed by atoms with Crippen molar-refractivity contribution in [3.05, 3.63) is 46.9 Å². The molecule has 2 heteroatoms. The highest BCUT2D eigenvalue weighted by Gasteiger charge is 1.82. The summed E-state index contributed by atoms with van der Waals surface area (Å²) in [5.74, 6) is 0. The van der Waals surface area contributed by atoms with Gasteiger partial charge in [-0.1, -0.05) is 47.7 Å². The van der Waals surface area contributed by atoms with Gasteiger partial charge >= 0.3 is 0 Å². The number of rotatable bonds is 4. The van der Waals surface area contributed by atoms with Gasteiger partial charge in [-0.3, -0.25) is 0 Å². The van der Waals surface area contributed by atoms with Gasteiger partial charge in [0.2, 0.25) is 0 Å². The molecule has 0 aliphatic heterocycles. The Morgan fingerprint density at radius 2 is 2.00 bits per heavy atom. The van der Waals surface area contributed by atoms with Crippen LogP contribution in [0.2, 0.25) is 0 Å². The molecule has 0 aliphatic carbocycles. The fraction of sp³-hybridized carbons (Fsp3) is 0.200. The van der Waals surface area contributed by atoms with Gasteiger partial charge in [0.25, 0.3) is 0 Å². The third-order valence-electron chi connectivity index (χ3n) is 1.50. The minimum Gasteiger partial charge on any atom is -0.151 e. The molecule has 0 aromatic heterocycles. The first kappa shape index (κ1) is 8.65. The molecule has 0 N–H and O–H groups in total. The molecule has 0 fully saturated rings. The molecule has 0 amide bonds. The fourth-order valence-electron chi connectivity index (χ4n) is 0.911. The Bertz CT molecular complexity index is 254. The van der Waals surface area contributed by atoms with E-state index >= 15 is 0 Å². The van der Waals surface area contributed by atoms with E-state index < -0.39 is 0 Å². The Morgan fingerprint density at radius 1 is 1.25 bits per heavy atom. The van der Waals surface area contributed by atoms with Crippen LogP contribution in [0.15, 0.2) is 41.6 Å². The predicted molar refractivity (Wildman–Crippen MR) is 50.8 cm³/mol. The molecule has 0 saturated carbocycles. The summed E-state index contributed by atoms with van der Waals surface area (Å²) in [4.78, 5) is 9.73. The smallest absolute Gasteiger partial charge is 0.0845 e. The molecule has 0 saturated heterocycles. The number of hydrogen-bond donors (Lipinski definition) is 0. The van der Waals surface area contributed by atoms with Gasteiger partial charge in [-0.2, -0.15) is 4.91 Å². The zero-order valence-electron chi connectivity index (χ0n) is 6.81. The van der Waals surface area contributed by atoms with Crippen molar-refractivity contribution in [2.24, 2.45) is 5.18 Å². The summed E-state index contributed by atoms with van der Waals surface area (Å²) in [5, 5.41) is 2.77. The highest BCUT2D eigenvalue weighted by molar-refractivity contribution is 5.48. The quantitative estimate of drug-likeness (QED) is 0.493. The molecule has 0 unspecified atom stereocenters. The van der Waals surface area contributed by atoms with Crippen LogP contribution in [-0.4, -0.2) is 6.54 Å². The maximum atomic E-state index is 9.73. The zero-order valence-corrected chi connectivity index (χ0v) is 6.81. The van der Waals surface area contributed by atoms with E-state index in [1.165, 1.54) is 0 Å². The van der Waals surface area contributed by atoms with Crippen molar-refractivity contribution in [2.45, 2.75) is 6.42 Å². The van der Waals surface area contributed by atoms with Crippen LogP contribution >= 0.6 is 0 Å². The Balaban J connectivity index is 2.41. The van der Waals surface area contributed by atoms with Crippen molar-refractivity contribution < 1.29 is 0 Å². The third kappa shape index (κ3) is 3.10. The summed E-state index contributed by atoms with van der Waals surface area (Å²) < 4.78 is 0. The van der Waals surface area contributed by atoms with Gasteiger partial charge in [0.15, 0.2) is 0 Å². The summed E-state index contributed by atoms with van der Waals surface area (Å²) in [6.45, 7) is 0.364. The molecule has 0 atom stereocenters. The third-order valence-corrected chi connectivity index (χ3v) is 1.50. The van der Waals surface area contributed by atoms with Crippen LogP contribution in [0.5, 0.6) is 0 Å². The lowest BCUT2D eigenvalue weighted by Crippen LogP contribution is -1.73. The van der Waals surface area contributed by atoms with E-state index in [1.54, 1.807) is 0 Å². The van der Waals surface area contributed by atoms with E-state index in [-0.39, 0.29) is 0 Å². The largest absolute Gasteiger partial charge is 0.151 e. The summed E-state index contributed by atoms with van der Waals surface area (Å²) in [6, 6.07) is 9.98. The van der Waals surface area contributed by atoms with Crippen LogP contribution < -0.4 is 0 Å². The summed E-state index contributed by atoms with van der Waals surface area (Å²) in [5.41, 5.74) is 1.16. The van der Waals surface area contributed by atoms with E-state index in [0.29, 0.717) is 6.54 Å². The standard InChI is InChI=1S/C10H11NO/c12-11-9-5-4-8-10-6-2-1-3-7-10/h1-4,6-8H,5,9H2. The number of hydrogen-bond acceptors (Lipinski definition) is 2. The van der Waals surface area contributed by atoms with E-state index in [0.717, 1.165) is 12.0 Å². The average Bonchev–Trinajstić information content (AvgIpc) is 2.14. The highest BCUT2D eigenvalue weighted by atomic mass is 16.3. The van der Waals surface area contributed by atoms with Crippen LogP contribution in [0, 0.1) is 4.91 Å². The molecule has 1 aromatic carbocycles. The van der Waals surface area contributed by atoms with E-state index in [9.17, 15) is 4.91 Å². The minimum atomic E-state index is 0.364. The van der Waals surface area contributed by atoms with Gasteiger partial charge in [0.05, 0.1) is 6.54 Å². The van der Waals surface area contributed by atoms with Gasteiger partial charge in [-0.15, -0.1) is 0 Å². The van der Waals surface area contributed by atoms with Gasteiger partial charge in [0, 0.05) is 0 Å². The lowest BCUT2D eigenvalue weighted by molar-refractivity contribution is 1.00. The van der Waals surface area contributed by atoms with Crippen LogP contribution in [-0.2, 0) is 0 Å². The molecule has 2 nitrogen and oxygen atoms in total. The molecular weight excluding hydrogens is 150 g/mol. The van der Waals surface area contributed by atoms with Crippen molar-refractivity contribution in [1.82, 2.24) is 0 Å². The first-order chi connectivity index (χ1) is 5.93. The number of benzene rings is 1. The molecule has 0 bridgehead atoms. The zero-order chi connectivity index (χ0) is 8.65. The molecule has 0 radical (unpaired) electrons. The topological polar surface area (TPSA) is 29.4 Å². The van der Waals surface area contributed by atoms with Crippen molar-refractivity contribution in [3.8, 4) is 0 Å². The summed E-state index contributed by atoms with van der Waals surface area (Å²) in [6.07, 6.45) is 4.67. The van der Waals surface area contributed by atoms with Crippen molar-refractivity contribution >= 4 is 6.08 Å². The van der Waals surface area contributed by atoms with Crippen molar-refractivity contribution in [3.63, 3.8) is 0 Å². The molecule has 62 valence electrons. The van der Waals surface area contributed by atoms with Gasteiger partial charge in [0.1, 0.15) is 0 Å². The van der Waals surface area contributed by atoms with Crippen molar-refractivity contribution in [2.75, 3.05) is 6.54 Å². The van der Waals surface area contributed by atoms with Crippen LogP contribution in [0.3, 0.4) is 0 Å². The Hall–Kier alpha value is -1.44. The van der Waals surface area contributed by atoms with Gasteiger partial charge < -0.3 is 0 Å². The van der Waals surface area contributed by atoms with E-state index in [1.807, 2.05) is 42.5 Å². The second-order valence-corrected chi connectivity index (χ2v) is 2.45. The lowest BCUT2D eigenvalue weighted by atomic mass is 10.2. The maximum absolute atomic E-state index is 9.73. The molecule has 12 heavy (non-hydrogen) atoms. The summed E-state index contributed by atoms with van der Waals surface area (Å²) in [7, 11) is 0. The maximum Gasteiger partial charge on any atom is 0.0845 e. The number of nitrogens with zero attached hydrogens (tertiary/aromatic N) is 1. The Labute approximate surface area is 71.9 Å². The fourth-order valence-corrected chi connectivity index (χ4v) is 0.911. The normalized spacial score (nSPS) is 10.3. The first-order valence-electron chi connectivity index (χ1n) is 3.94. The van der Waals surface area contributed by atoms with Gasteiger partial charge in [-0.25, -0.2) is 0 Å².